The maximum Gasteiger partial charge on any atom is 0.238 e. The number of aromatic hydroxyl groups is 1. The molecule has 25 heavy (non-hydrogen) atoms. The molecular formula is C19H23N5O. The van der Waals surface area contributed by atoms with E-state index in [2.05, 4.69) is 20.0 Å². The molecule has 1 aliphatic rings. The molecule has 6 heteroatoms. The number of hydrogen-bond donors (Lipinski definition) is 2. The molecular weight excluding hydrogens is 314 g/mol. The number of aromatic nitrogens is 4. The molecule has 3 heterocycles. The van der Waals surface area contributed by atoms with Crippen LogP contribution in [0.3, 0.4) is 0 Å². The van der Waals surface area contributed by atoms with Crippen molar-refractivity contribution in [1.82, 2.24) is 24.6 Å². The van der Waals surface area contributed by atoms with Gasteiger partial charge in [-0.2, -0.15) is 0 Å². The molecule has 0 spiro atoms. The van der Waals surface area contributed by atoms with Gasteiger partial charge in [-0.25, -0.2) is 4.98 Å². The number of benzene rings is 1. The summed E-state index contributed by atoms with van der Waals surface area (Å²) in [5.74, 6) is 0.928. The highest BCUT2D eigenvalue weighted by Gasteiger charge is 2.13. The average molecular weight is 337 g/mol. The fourth-order valence-corrected chi connectivity index (χ4v) is 3.39. The minimum absolute atomic E-state index is 0.0874. The number of nitrogens with one attached hydrogen (secondary N) is 1. The van der Waals surface area contributed by atoms with E-state index < -0.39 is 0 Å². The first-order valence-electron chi connectivity index (χ1n) is 8.88. The lowest BCUT2D eigenvalue weighted by atomic mass is 10.1. The molecule has 1 aliphatic heterocycles. The molecule has 0 saturated carbocycles. The van der Waals surface area contributed by atoms with E-state index in [4.69, 9.17) is 0 Å². The lowest BCUT2D eigenvalue weighted by molar-refractivity contribution is 0.217. The molecule has 130 valence electrons. The maximum absolute atomic E-state index is 10.2. The number of rotatable bonds is 5. The van der Waals surface area contributed by atoms with Crippen molar-refractivity contribution >= 4 is 0 Å². The zero-order chi connectivity index (χ0) is 17.1. The Morgan fingerprint density at radius 2 is 1.76 bits per heavy atom. The zero-order valence-electron chi connectivity index (χ0n) is 14.2. The van der Waals surface area contributed by atoms with Gasteiger partial charge in [-0.3, -0.25) is 4.68 Å². The molecule has 2 N–H and O–H groups in total. The van der Waals surface area contributed by atoms with Gasteiger partial charge >= 0.3 is 0 Å². The zero-order valence-corrected chi connectivity index (χ0v) is 14.2. The summed E-state index contributed by atoms with van der Waals surface area (Å²) >= 11 is 0. The van der Waals surface area contributed by atoms with Crippen LogP contribution in [0.15, 0.2) is 42.9 Å². The number of likely N-dealkylation sites (tertiary alicyclic amines) is 1. The highest BCUT2D eigenvalue weighted by molar-refractivity contribution is 5.70. The molecule has 6 nitrogen and oxygen atoms in total. The van der Waals surface area contributed by atoms with Crippen molar-refractivity contribution in [2.75, 3.05) is 19.6 Å². The summed E-state index contributed by atoms with van der Waals surface area (Å²) in [6.07, 6.45) is 9.40. The number of aromatic amines is 1. The largest absolute Gasteiger partial charge is 0.492 e. The number of imidazole rings is 1. The van der Waals surface area contributed by atoms with Crippen molar-refractivity contribution in [3.8, 4) is 28.4 Å². The fraction of sp³-hybridized carbons (Fsp3) is 0.368. The number of H-pyrrole nitrogens is 1. The van der Waals surface area contributed by atoms with Crippen molar-refractivity contribution in [3.05, 3.63) is 42.9 Å². The Hall–Kier alpha value is -2.60. The third-order valence-electron chi connectivity index (χ3n) is 4.80. The molecule has 0 bridgehead atoms. The lowest BCUT2D eigenvalue weighted by Crippen LogP contribution is -2.32. The highest BCUT2D eigenvalue weighted by Crippen LogP contribution is 2.29. The predicted octanol–water partition coefficient (Wildman–Crippen LogP) is 3.13. The summed E-state index contributed by atoms with van der Waals surface area (Å²) in [5, 5.41) is 14.5. The Labute approximate surface area is 147 Å². The Morgan fingerprint density at radius 1 is 1.00 bits per heavy atom. The molecule has 1 fully saturated rings. The van der Waals surface area contributed by atoms with Gasteiger partial charge in [0, 0.05) is 30.7 Å². The Morgan fingerprint density at radius 3 is 2.48 bits per heavy atom. The maximum atomic E-state index is 10.2. The minimum Gasteiger partial charge on any atom is -0.492 e. The summed E-state index contributed by atoms with van der Waals surface area (Å²) in [7, 11) is 0. The predicted molar refractivity (Wildman–Crippen MR) is 97.2 cm³/mol. The van der Waals surface area contributed by atoms with Crippen LogP contribution in [0.25, 0.3) is 22.5 Å². The summed E-state index contributed by atoms with van der Waals surface area (Å²) in [4.78, 5) is 9.82. The Kier molecular flexibility index (Phi) is 4.52. The summed E-state index contributed by atoms with van der Waals surface area (Å²) in [6, 6.07) is 7.98. The number of hydrogen-bond acceptors (Lipinski definition) is 4. The van der Waals surface area contributed by atoms with E-state index in [1.54, 1.807) is 12.4 Å². The lowest BCUT2D eigenvalue weighted by Gasteiger charge is -2.26. The van der Waals surface area contributed by atoms with E-state index in [0.717, 1.165) is 35.6 Å². The van der Waals surface area contributed by atoms with Crippen LogP contribution in [0, 0.1) is 0 Å². The fourth-order valence-electron chi connectivity index (χ4n) is 3.39. The second kappa shape index (κ2) is 7.11. The van der Waals surface area contributed by atoms with E-state index in [1.807, 2.05) is 35.1 Å². The Balaban J connectivity index is 1.46. The van der Waals surface area contributed by atoms with Crippen LogP contribution in [0.2, 0.25) is 0 Å². The van der Waals surface area contributed by atoms with E-state index in [1.165, 1.54) is 32.4 Å². The SMILES string of the molecule is Oc1nn(CCN2CCCCC2)cc1-c1ccc(-c2ncc[nH]2)cc1. The molecule has 0 unspecified atom stereocenters. The third-order valence-corrected chi connectivity index (χ3v) is 4.80. The molecule has 0 atom stereocenters. The van der Waals surface area contributed by atoms with Crippen LogP contribution >= 0.6 is 0 Å². The normalized spacial score (nSPS) is 15.5. The first-order chi connectivity index (χ1) is 12.3. The van der Waals surface area contributed by atoms with Crippen molar-refractivity contribution in [3.63, 3.8) is 0 Å². The smallest absolute Gasteiger partial charge is 0.238 e. The van der Waals surface area contributed by atoms with Crippen molar-refractivity contribution in [2.45, 2.75) is 25.8 Å². The Bertz CT molecular complexity index is 801. The van der Waals surface area contributed by atoms with Gasteiger partial charge in [-0.05, 0) is 31.5 Å². The quantitative estimate of drug-likeness (QED) is 0.750. The van der Waals surface area contributed by atoms with E-state index in [0.29, 0.717) is 0 Å². The molecule has 1 aromatic carbocycles. The second-order valence-electron chi connectivity index (χ2n) is 6.55. The average Bonchev–Trinajstić information content (AvgIpc) is 3.31. The monoisotopic (exact) mass is 337 g/mol. The molecule has 0 amide bonds. The molecule has 4 rings (SSSR count). The van der Waals surface area contributed by atoms with Gasteiger partial charge in [0.25, 0.3) is 0 Å². The van der Waals surface area contributed by atoms with Crippen LogP contribution < -0.4 is 0 Å². The van der Waals surface area contributed by atoms with Gasteiger partial charge in [-0.1, -0.05) is 30.7 Å². The van der Waals surface area contributed by atoms with Crippen LogP contribution in [0.1, 0.15) is 19.3 Å². The summed E-state index contributed by atoms with van der Waals surface area (Å²) in [5.41, 5.74) is 2.74. The van der Waals surface area contributed by atoms with Crippen LogP contribution in [0.5, 0.6) is 5.88 Å². The standard InChI is InChI=1S/C19H23N5O/c25-19-17(14-24(22-19)13-12-23-10-2-1-3-11-23)15-4-6-16(7-5-15)18-20-8-9-21-18/h4-9,14H,1-3,10-13H2,(H,20,21)(H,22,25). The van der Waals surface area contributed by atoms with Crippen LogP contribution in [0.4, 0.5) is 0 Å². The van der Waals surface area contributed by atoms with E-state index in [-0.39, 0.29) is 5.88 Å². The molecule has 1 saturated heterocycles. The van der Waals surface area contributed by atoms with Gasteiger partial charge in [0.2, 0.25) is 5.88 Å². The number of piperidine rings is 1. The van der Waals surface area contributed by atoms with Gasteiger partial charge in [0.05, 0.1) is 12.1 Å². The van der Waals surface area contributed by atoms with Gasteiger partial charge in [0.15, 0.2) is 0 Å². The minimum atomic E-state index is 0.0874. The van der Waals surface area contributed by atoms with Gasteiger partial charge in [0.1, 0.15) is 5.82 Å². The number of nitrogens with zero attached hydrogens (tertiary/aromatic N) is 4. The van der Waals surface area contributed by atoms with Crippen LogP contribution in [-0.2, 0) is 6.54 Å². The topological polar surface area (TPSA) is 70.0 Å². The van der Waals surface area contributed by atoms with Gasteiger partial charge in [-0.15, -0.1) is 5.10 Å². The second-order valence-corrected chi connectivity index (χ2v) is 6.55. The van der Waals surface area contributed by atoms with Gasteiger partial charge < -0.3 is 15.0 Å². The van der Waals surface area contributed by atoms with Crippen LogP contribution in [-0.4, -0.2) is 49.4 Å². The van der Waals surface area contributed by atoms with E-state index >= 15 is 0 Å². The highest BCUT2D eigenvalue weighted by atomic mass is 16.3. The first kappa shape index (κ1) is 15.9. The summed E-state index contributed by atoms with van der Waals surface area (Å²) in [6.45, 7) is 4.14. The van der Waals surface area contributed by atoms with Crippen molar-refractivity contribution in [1.29, 1.82) is 0 Å². The third kappa shape index (κ3) is 3.58. The molecule has 0 radical (unpaired) electrons. The summed E-state index contributed by atoms with van der Waals surface area (Å²) < 4.78 is 1.85. The van der Waals surface area contributed by atoms with Crippen molar-refractivity contribution < 1.29 is 5.11 Å². The molecule has 2 aromatic heterocycles. The molecule has 0 aliphatic carbocycles. The van der Waals surface area contributed by atoms with E-state index in [9.17, 15) is 5.11 Å². The first-order valence-corrected chi connectivity index (χ1v) is 8.88. The molecule has 3 aromatic rings. The van der Waals surface area contributed by atoms with Crippen molar-refractivity contribution in [2.24, 2.45) is 0 Å².